The summed E-state index contributed by atoms with van der Waals surface area (Å²) in [5.41, 5.74) is 5.43. The highest BCUT2D eigenvalue weighted by Crippen LogP contribution is 2.19. The van der Waals surface area contributed by atoms with Gasteiger partial charge >= 0.3 is 0 Å². The van der Waals surface area contributed by atoms with Gasteiger partial charge < -0.3 is 9.47 Å². The van der Waals surface area contributed by atoms with Crippen molar-refractivity contribution in [3.8, 4) is 0 Å². The van der Waals surface area contributed by atoms with Crippen LogP contribution in [0.3, 0.4) is 0 Å². The van der Waals surface area contributed by atoms with Gasteiger partial charge in [0, 0.05) is 31.0 Å². The molecule has 0 radical (unpaired) electrons. The topological polar surface area (TPSA) is 38.1 Å². The minimum absolute atomic E-state index is 0.179. The number of nitrogens with zero attached hydrogens (tertiary/aromatic N) is 3. The lowest BCUT2D eigenvalue weighted by molar-refractivity contribution is 0.0757. The van der Waals surface area contributed by atoms with Crippen LogP contribution in [0.15, 0.2) is 61.4 Å². The Hall–Kier alpha value is -3.21. The fourth-order valence-electron chi connectivity index (χ4n) is 3.59. The number of rotatable bonds is 7. The van der Waals surface area contributed by atoms with Crippen LogP contribution < -0.4 is 0 Å². The molecular weight excluding hydrogens is 365 g/mol. The van der Waals surface area contributed by atoms with E-state index in [1.54, 1.807) is 17.2 Å². The van der Waals surface area contributed by atoms with Crippen molar-refractivity contribution in [2.75, 3.05) is 6.54 Å². The van der Waals surface area contributed by atoms with Crippen LogP contribution in [0.25, 0.3) is 0 Å². The lowest BCUT2D eigenvalue weighted by Gasteiger charge is -2.22. The molecule has 2 aromatic carbocycles. The number of aryl methyl sites for hydroxylation is 3. The number of halogens is 1. The van der Waals surface area contributed by atoms with Gasteiger partial charge in [-0.25, -0.2) is 9.37 Å². The molecule has 0 aliphatic rings. The molecule has 0 aliphatic heterocycles. The molecule has 4 nitrogen and oxygen atoms in total. The highest BCUT2D eigenvalue weighted by atomic mass is 19.1. The van der Waals surface area contributed by atoms with Crippen LogP contribution in [0.5, 0.6) is 0 Å². The Labute approximate surface area is 171 Å². The third-order valence-corrected chi connectivity index (χ3v) is 5.03. The summed E-state index contributed by atoms with van der Waals surface area (Å²) in [6.45, 7) is 11.5. The van der Waals surface area contributed by atoms with Crippen molar-refractivity contribution in [3.05, 3.63) is 101 Å². The molecular formula is C24H26FN3O. The maximum Gasteiger partial charge on any atom is 0.254 e. The normalized spacial score (nSPS) is 10.8. The Balaban J connectivity index is 1.84. The molecule has 0 saturated carbocycles. The SMILES string of the molecule is C=CCN(Cc1nccn1Cc1c(C)cc(C)cc1C)C(=O)c1ccc(F)cc1. The van der Waals surface area contributed by atoms with Gasteiger partial charge in [-0.15, -0.1) is 6.58 Å². The molecule has 0 N–H and O–H groups in total. The Morgan fingerprint density at radius 1 is 1.17 bits per heavy atom. The highest BCUT2D eigenvalue weighted by Gasteiger charge is 2.18. The van der Waals surface area contributed by atoms with Crippen LogP contribution in [0, 0.1) is 26.6 Å². The zero-order chi connectivity index (χ0) is 21.0. The third-order valence-electron chi connectivity index (χ3n) is 5.03. The largest absolute Gasteiger partial charge is 0.329 e. The molecule has 1 heterocycles. The molecule has 0 fully saturated rings. The molecule has 3 aromatic rings. The van der Waals surface area contributed by atoms with E-state index >= 15 is 0 Å². The number of carbonyl (C=O) groups excluding carboxylic acids is 1. The minimum atomic E-state index is -0.365. The van der Waals surface area contributed by atoms with Crippen LogP contribution in [-0.2, 0) is 13.1 Å². The van der Waals surface area contributed by atoms with E-state index in [2.05, 4.69) is 49.0 Å². The van der Waals surface area contributed by atoms with Crippen molar-refractivity contribution in [2.24, 2.45) is 0 Å². The molecule has 29 heavy (non-hydrogen) atoms. The zero-order valence-corrected chi connectivity index (χ0v) is 17.2. The first-order valence-corrected chi connectivity index (χ1v) is 9.61. The minimum Gasteiger partial charge on any atom is -0.329 e. The Bertz CT molecular complexity index is 998. The van der Waals surface area contributed by atoms with Gasteiger partial charge in [-0.3, -0.25) is 4.79 Å². The summed E-state index contributed by atoms with van der Waals surface area (Å²) < 4.78 is 15.3. The quantitative estimate of drug-likeness (QED) is 0.542. The lowest BCUT2D eigenvalue weighted by atomic mass is 10.00. The van der Waals surface area contributed by atoms with Crippen LogP contribution in [-0.4, -0.2) is 26.9 Å². The van der Waals surface area contributed by atoms with Gasteiger partial charge in [0.25, 0.3) is 5.91 Å². The van der Waals surface area contributed by atoms with Gasteiger partial charge in [0.2, 0.25) is 0 Å². The fraction of sp³-hybridized carbons (Fsp3) is 0.250. The standard InChI is InChI=1S/C24H26FN3O/c1-5-11-28(24(29)20-6-8-21(25)9-7-20)16-23-26-10-12-27(23)15-22-18(3)13-17(2)14-19(22)4/h5-10,12-14H,1,11,15-16H2,2-4H3. The molecule has 1 amide bonds. The van der Waals surface area contributed by atoms with Crippen LogP contribution in [0.1, 0.15) is 38.4 Å². The molecule has 0 spiro atoms. The number of hydrogen-bond acceptors (Lipinski definition) is 2. The van der Waals surface area contributed by atoms with E-state index in [0.29, 0.717) is 25.2 Å². The molecule has 0 atom stereocenters. The van der Waals surface area contributed by atoms with Crippen LogP contribution in [0.2, 0.25) is 0 Å². The highest BCUT2D eigenvalue weighted by molar-refractivity contribution is 5.94. The van der Waals surface area contributed by atoms with Crippen molar-refractivity contribution in [3.63, 3.8) is 0 Å². The average molecular weight is 391 g/mol. The van der Waals surface area contributed by atoms with Crippen molar-refractivity contribution in [1.29, 1.82) is 0 Å². The number of hydrogen-bond donors (Lipinski definition) is 0. The van der Waals surface area contributed by atoms with E-state index in [4.69, 9.17) is 0 Å². The van der Waals surface area contributed by atoms with Crippen molar-refractivity contribution in [2.45, 2.75) is 33.9 Å². The van der Waals surface area contributed by atoms with Gasteiger partial charge in [-0.1, -0.05) is 23.8 Å². The molecule has 150 valence electrons. The van der Waals surface area contributed by atoms with Crippen LogP contribution >= 0.6 is 0 Å². The summed E-state index contributed by atoms with van der Waals surface area (Å²) in [7, 11) is 0. The Morgan fingerprint density at radius 3 is 2.45 bits per heavy atom. The first-order valence-electron chi connectivity index (χ1n) is 9.61. The van der Waals surface area contributed by atoms with E-state index in [-0.39, 0.29) is 11.7 Å². The Kier molecular flexibility index (Phi) is 6.27. The maximum atomic E-state index is 13.2. The number of benzene rings is 2. The molecule has 0 bridgehead atoms. The van der Waals surface area contributed by atoms with E-state index in [1.807, 2.05) is 6.20 Å². The molecule has 3 rings (SSSR count). The number of imidazole rings is 1. The molecule has 1 aromatic heterocycles. The van der Waals surface area contributed by atoms with E-state index in [0.717, 1.165) is 5.82 Å². The summed E-state index contributed by atoms with van der Waals surface area (Å²) in [5.74, 6) is 0.250. The van der Waals surface area contributed by atoms with Crippen LogP contribution in [0.4, 0.5) is 4.39 Å². The van der Waals surface area contributed by atoms with Gasteiger partial charge in [0.1, 0.15) is 11.6 Å². The summed E-state index contributed by atoms with van der Waals surface area (Å²) in [5, 5.41) is 0. The maximum absolute atomic E-state index is 13.2. The first-order chi connectivity index (χ1) is 13.9. The summed E-state index contributed by atoms with van der Waals surface area (Å²) in [4.78, 5) is 19.0. The first kappa shape index (κ1) is 20.5. The number of aromatic nitrogens is 2. The summed E-state index contributed by atoms with van der Waals surface area (Å²) in [6, 6.07) is 9.95. The van der Waals surface area contributed by atoms with Gasteiger partial charge in [-0.05, 0) is 61.7 Å². The van der Waals surface area contributed by atoms with Crippen molar-refractivity contribution < 1.29 is 9.18 Å². The van der Waals surface area contributed by atoms with Crippen molar-refractivity contribution in [1.82, 2.24) is 14.5 Å². The molecule has 0 aliphatic carbocycles. The second kappa shape index (κ2) is 8.86. The van der Waals surface area contributed by atoms with Gasteiger partial charge in [0.05, 0.1) is 6.54 Å². The van der Waals surface area contributed by atoms with E-state index in [1.165, 1.54) is 46.5 Å². The second-order valence-electron chi connectivity index (χ2n) is 7.33. The monoisotopic (exact) mass is 391 g/mol. The number of amides is 1. The van der Waals surface area contributed by atoms with Crippen molar-refractivity contribution >= 4 is 5.91 Å². The zero-order valence-electron chi connectivity index (χ0n) is 17.2. The predicted octanol–water partition coefficient (Wildman–Crippen LogP) is 4.82. The molecule has 5 heteroatoms. The summed E-state index contributed by atoms with van der Waals surface area (Å²) >= 11 is 0. The third kappa shape index (κ3) is 4.80. The molecule has 0 unspecified atom stereocenters. The Morgan fingerprint density at radius 2 is 1.83 bits per heavy atom. The second-order valence-corrected chi connectivity index (χ2v) is 7.33. The predicted molar refractivity (Wildman–Crippen MR) is 113 cm³/mol. The van der Waals surface area contributed by atoms with E-state index < -0.39 is 0 Å². The average Bonchev–Trinajstić information content (AvgIpc) is 3.11. The van der Waals surface area contributed by atoms with Gasteiger partial charge in [-0.2, -0.15) is 0 Å². The fourth-order valence-corrected chi connectivity index (χ4v) is 3.59. The smallest absolute Gasteiger partial charge is 0.254 e. The molecule has 0 saturated heterocycles. The number of carbonyl (C=O) groups is 1. The van der Waals surface area contributed by atoms with Gasteiger partial charge in [0.15, 0.2) is 0 Å². The van der Waals surface area contributed by atoms with E-state index in [9.17, 15) is 9.18 Å². The lowest BCUT2D eigenvalue weighted by Crippen LogP contribution is -2.32. The summed E-state index contributed by atoms with van der Waals surface area (Å²) in [6.07, 6.45) is 5.37.